The van der Waals surface area contributed by atoms with Crippen molar-refractivity contribution in [3.05, 3.63) is 71.3 Å². The molecule has 3 rings (SSSR count). The van der Waals surface area contributed by atoms with E-state index < -0.39 is 0 Å². The molecule has 2 aromatic rings. The van der Waals surface area contributed by atoms with Gasteiger partial charge in [-0.25, -0.2) is 0 Å². The van der Waals surface area contributed by atoms with Gasteiger partial charge in [0, 0.05) is 44.2 Å². The Balaban J connectivity index is 1.57. The third kappa shape index (κ3) is 4.76. The Hall–Kier alpha value is -2.48. The number of Topliss-reactive ketones (excluding diaryl/α,β-unsaturated/α-hetero) is 1. The van der Waals surface area contributed by atoms with Crippen LogP contribution in [0.3, 0.4) is 0 Å². The summed E-state index contributed by atoms with van der Waals surface area (Å²) >= 11 is 0. The van der Waals surface area contributed by atoms with Crippen LogP contribution in [-0.4, -0.2) is 42.9 Å². The Labute approximate surface area is 149 Å². The van der Waals surface area contributed by atoms with E-state index in [0.717, 1.165) is 32.6 Å². The van der Waals surface area contributed by atoms with Gasteiger partial charge >= 0.3 is 0 Å². The molecule has 1 atom stereocenters. The maximum absolute atomic E-state index is 12.4. The molecule has 1 aliphatic heterocycles. The average Bonchev–Trinajstić information content (AvgIpc) is 2.68. The van der Waals surface area contributed by atoms with Crippen molar-refractivity contribution in [1.29, 1.82) is 5.26 Å². The molecule has 1 fully saturated rings. The van der Waals surface area contributed by atoms with E-state index >= 15 is 0 Å². The van der Waals surface area contributed by atoms with Crippen molar-refractivity contribution in [2.24, 2.45) is 0 Å². The van der Waals surface area contributed by atoms with Crippen LogP contribution in [-0.2, 0) is 6.42 Å². The number of carbonyl (C=O) groups is 1. The largest absolute Gasteiger partial charge is 0.314 e. The summed E-state index contributed by atoms with van der Waals surface area (Å²) in [7, 11) is 0. The van der Waals surface area contributed by atoms with E-state index in [4.69, 9.17) is 5.26 Å². The first-order valence-electron chi connectivity index (χ1n) is 8.78. The van der Waals surface area contributed by atoms with Crippen LogP contribution < -0.4 is 5.32 Å². The highest BCUT2D eigenvalue weighted by molar-refractivity contribution is 5.96. The van der Waals surface area contributed by atoms with Crippen molar-refractivity contribution < 1.29 is 4.79 Å². The van der Waals surface area contributed by atoms with E-state index in [1.54, 1.807) is 24.3 Å². The zero-order valence-electron chi connectivity index (χ0n) is 14.3. The first-order valence-corrected chi connectivity index (χ1v) is 8.78. The minimum atomic E-state index is 0.140. The number of ketones is 1. The SMILES string of the molecule is N#Cc1ccc(C(=O)CCN2CCNCC2Cc2ccccc2)cc1. The van der Waals surface area contributed by atoms with Crippen molar-refractivity contribution in [2.75, 3.05) is 26.2 Å². The summed E-state index contributed by atoms with van der Waals surface area (Å²) in [5.41, 5.74) is 2.61. The normalized spacial score (nSPS) is 17.8. The topological polar surface area (TPSA) is 56.1 Å². The minimum absolute atomic E-state index is 0.140. The molecule has 4 heteroatoms. The first kappa shape index (κ1) is 17.3. The summed E-state index contributed by atoms with van der Waals surface area (Å²) in [4.78, 5) is 14.8. The number of hydrogen-bond acceptors (Lipinski definition) is 4. The van der Waals surface area contributed by atoms with Gasteiger partial charge in [0.1, 0.15) is 0 Å². The Morgan fingerprint density at radius 3 is 2.64 bits per heavy atom. The molecule has 1 N–H and O–H groups in total. The summed E-state index contributed by atoms with van der Waals surface area (Å²) in [5.74, 6) is 0.140. The van der Waals surface area contributed by atoms with Crippen LogP contribution in [0.4, 0.5) is 0 Å². The fourth-order valence-electron chi connectivity index (χ4n) is 3.30. The molecule has 0 saturated carbocycles. The van der Waals surface area contributed by atoms with Crippen LogP contribution in [0.2, 0.25) is 0 Å². The number of nitrogens with zero attached hydrogens (tertiary/aromatic N) is 2. The summed E-state index contributed by atoms with van der Waals surface area (Å²) in [5, 5.41) is 12.3. The molecule has 128 valence electrons. The van der Waals surface area contributed by atoms with E-state index in [2.05, 4.69) is 40.6 Å². The van der Waals surface area contributed by atoms with Gasteiger partial charge in [-0.15, -0.1) is 0 Å². The fraction of sp³-hybridized carbons (Fsp3) is 0.333. The molecular formula is C21H23N3O. The van der Waals surface area contributed by atoms with Gasteiger partial charge in [-0.3, -0.25) is 9.69 Å². The number of piperazine rings is 1. The average molecular weight is 333 g/mol. The van der Waals surface area contributed by atoms with E-state index in [1.165, 1.54) is 5.56 Å². The number of hydrogen-bond donors (Lipinski definition) is 1. The quantitative estimate of drug-likeness (QED) is 0.826. The summed E-state index contributed by atoms with van der Waals surface area (Å²) in [6, 6.07) is 19.9. The summed E-state index contributed by atoms with van der Waals surface area (Å²) in [6.45, 7) is 3.67. The van der Waals surface area contributed by atoms with Gasteiger partial charge in [-0.2, -0.15) is 5.26 Å². The monoisotopic (exact) mass is 333 g/mol. The molecule has 1 saturated heterocycles. The number of rotatable bonds is 6. The molecule has 0 amide bonds. The maximum atomic E-state index is 12.4. The molecule has 0 aliphatic carbocycles. The van der Waals surface area contributed by atoms with Gasteiger partial charge in [-0.1, -0.05) is 42.5 Å². The predicted molar refractivity (Wildman–Crippen MR) is 98.5 cm³/mol. The van der Waals surface area contributed by atoms with Crippen LogP contribution in [0, 0.1) is 11.3 Å². The lowest BCUT2D eigenvalue weighted by Gasteiger charge is -2.36. The van der Waals surface area contributed by atoms with Crippen LogP contribution in [0.25, 0.3) is 0 Å². The number of benzene rings is 2. The first-order chi connectivity index (χ1) is 12.3. The predicted octanol–water partition coefficient (Wildman–Crippen LogP) is 2.65. The molecule has 4 nitrogen and oxygen atoms in total. The number of nitrogens with one attached hydrogen (secondary N) is 1. The van der Waals surface area contributed by atoms with Gasteiger partial charge in [0.25, 0.3) is 0 Å². The van der Waals surface area contributed by atoms with Crippen LogP contribution in [0.15, 0.2) is 54.6 Å². The molecular weight excluding hydrogens is 310 g/mol. The molecule has 0 bridgehead atoms. The zero-order valence-corrected chi connectivity index (χ0v) is 14.3. The smallest absolute Gasteiger partial charge is 0.164 e. The third-order valence-electron chi connectivity index (χ3n) is 4.75. The lowest BCUT2D eigenvalue weighted by Crippen LogP contribution is -2.52. The molecule has 25 heavy (non-hydrogen) atoms. The second-order valence-electron chi connectivity index (χ2n) is 6.45. The minimum Gasteiger partial charge on any atom is -0.314 e. The van der Waals surface area contributed by atoms with E-state index in [-0.39, 0.29) is 5.78 Å². The van der Waals surface area contributed by atoms with E-state index in [1.807, 2.05) is 6.07 Å². The lowest BCUT2D eigenvalue weighted by atomic mass is 10.0. The highest BCUT2D eigenvalue weighted by atomic mass is 16.1. The molecule has 0 spiro atoms. The van der Waals surface area contributed by atoms with Crippen molar-refractivity contribution in [3.8, 4) is 6.07 Å². The summed E-state index contributed by atoms with van der Waals surface area (Å²) in [6.07, 6.45) is 1.51. The van der Waals surface area contributed by atoms with Gasteiger partial charge in [0.15, 0.2) is 5.78 Å². The lowest BCUT2D eigenvalue weighted by molar-refractivity contribution is 0.0935. The highest BCUT2D eigenvalue weighted by Crippen LogP contribution is 2.13. The molecule has 1 unspecified atom stereocenters. The van der Waals surface area contributed by atoms with Crippen molar-refractivity contribution in [1.82, 2.24) is 10.2 Å². The number of nitriles is 1. The number of carbonyl (C=O) groups excluding carboxylic acids is 1. The standard InChI is InChI=1S/C21H23N3O/c22-15-18-6-8-19(9-7-18)21(25)10-12-24-13-11-23-16-20(24)14-17-4-2-1-3-5-17/h1-9,20,23H,10-14,16H2. The van der Waals surface area contributed by atoms with Crippen molar-refractivity contribution in [3.63, 3.8) is 0 Å². The maximum Gasteiger partial charge on any atom is 0.164 e. The van der Waals surface area contributed by atoms with Gasteiger partial charge in [0.05, 0.1) is 11.6 Å². The molecule has 1 aliphatic rings. The van der Waals surface area contributed by atoms with Crippen molar-refractivity contribution >= 4 is 5.78 Å². The molecule has 0 aromatic heterocycles. The van der Waals surface area contributed by atoms with Crippen LogP contribution in [0.5, 0.6) is 0 Å². The summed E-state index contributed by atoms with van der Waals surface area (Å²) < 4.78 is 0. The second-order valence-corrected chi connectivity index (χ2v) is 6.45. The second kappa shape index (κ2) is 8.57. The van der Waals surface area contributed by atoms with Crippen LogP contribution >= 0.6 is 0 Å². The Morgan fingerprint density at radius 1 is 1.16 bits per heavy atom. The van der Waals surface area contributed by atoms with Crippen LogP contribution in [0.1, 0.15) is 27.9 Å². The molecule has 1 heterocycles. The Kier molecular flexibility index (Phi) is 5.95. The highest BCUT2D eigenvalue weighted by Gasteiger charge is 2.22. The van der Waals surface area contributed by atoms with Gasteiger partial charge < -0.3 is 5.32 Å². The third-order valence-corrected chi connectivity index (χ3v) is 4.75. The van der Waals surface area contributed by atoms with Crippen molar-refractivity contribution in [2.45, 2.75) is 18.9 Å². The zero-order chi connectivity index (χ0) is 17.5. The van der Waals surface area contributed by atoms with Gasteiger partial charge in [-0.05, 0) is 24.1 Å². The van der Waals surface area contributed by atoms with E-state index in [9.17, 15) is 4.79 Å². The Morgan fingerprint density at radius 2 is 1.92 bits per heavy atom. The van der Waals surface area contributed by atoms with Gasteiger partial charge in [0.2, 0.25) is 0 Å². The van der Waals surface area contributed by atoms with E-state index in [0.29, 0.717) is 23.6 Å². The fourth-order valence-corrected chi connectivity index (χ4v) is 3.30. The molecule has 0 radical (unpaired) electrons. The Bertz CT molecular complexity index is 734. The molecule has 2 aromatic carbocycles.